The molecule has 13 nitrogen and oxygen atoms in total. The first-order valence-electron chi connectivity index (χ1n) is 10.5. The molecule has 3 rings (SSSR count). The van der Waals surface area contributed by atoms with Crippen molar-refractivity contribution in [1.29, 1.82) is 0 Å². The van der Waals surface area contributed by atoms with Crippen LogP contribution >= 0.6 is 11.3 Å². The van der Waals surface area contributed by atoms with Gasteiger partial charge >= 0.3 is 23.9 Å². The summed E-state index contributed by atoms with van der Waals surface area (Å²) in [6.45, 7) is 4.70. The summed E-state index contributed by atoms with van der Waals surface area (Å²) in [5, 5.41) is 9.41. The molecule has 3 heterocycles. The number of hydrogen-bond acceptors (Lipinski definition) is 13. The Bertz CT molecular complexity index is 1110. The van der Waals surface area contributed by atoms with Crippen LogP contribution in [-0.4, -0.2) is 76.2 Å². The van der Waals surface area contributed by atoms with Crippen LogP contribution in [0.5, 0.6) is 0 Å². The number of rotatable bonds is 9. The summed E-state index contributed by atoms with van der Waals surface area (Å²) >= 11 is 1.12. The van der Waals surface area contributed by atoms with E-state index in [0.717, 1.165) is 29.9 Å². The van der Waals surface area contributed by atoms with Crippen LogP contribution in [0.3, 0.4) is 0 Å². The summed E-state index contributed by atoms with van der Waals surface area (Å²) in [6, 6.07) is 3.19. The van der Waals surface area contributed by atoms with Gasteiger partial charge in [-0.15, -0.1) is 16.4 Å². The van der Waals surface area contributed by atoms with Gasteiger partial charge in [0.1, 0.15) is 18.4 Å². The van der Waals surface area contributed by atoms with E-state index in [1.165, 1.54) is 6.92 Å². The number of thiophene rings is 1. The molecule has 1 aliphatic heterocycles. The Morgan fingerprint density at radius 3 is 2.29 bits per heavy atom. The SMILES string of the molecule is CCOC(=O)c1nnn([C@@H]2O[C@H](COC(C)=O)[C@@H](OC(C)=O)[C@H]2OC(C)=O)c1C(=O)c1cccs1. The highest BCUT2D eigenvalue weighted by atomic mass is 32.1. The molecule has 0 bridgehead atoms. The van der Waals surface area contributed by atoms with E-state index in [0.29, 0.717) is 0 Å². The molecule has 4 atom stereocenters. The minimum atomic E-state index is -1.36. The number of carbonyl (C=O) groups excluding carboxylic acids is 5. The molecule has 0 N–H and O–H groups in total. The van der Waals surface area contributed by atoms with Crippen molar-refractivity contribution in [2.45, 2.75) is 52.2 Å². The largest absolute Gasteiger partial charge is 0.463 e. The Morgan fingerprint density at radius 1 is 1.03 bits per heavy atom. The van der Waals surface area contributed by atoms with E-state index in [1.807, 2.05) is 0 Å². The van der Waals surface area contributed by atoms with Gasteiger partial charge in [-0.25, -0.2) is 9.48 Å². The summed E-state index contributed by atoms with van der Waals surface area (Å²) in [6.07, 6.45) is -4.99. The van der Waals surface area contributed by atoms with E-state index in [4.69, 9.17) is 23.7 Å². The van der Waals surface area contributed by atoms with Crippen LogP contribution < -0.4 is 0 Å². The molecule has 0 radical (unpaired) electrons. The predicted octanol–water partition coefficient (Wildman–Crippen LogP) is 1.07. The van der Waals surface area contributed by atoms with Crippen LogP contribution in [0.25, 0.3) is 0 Å². The molecule has 0 amide bonds. The highest BCUT2D eigenvalue weighted by Gasteiger charge is 2.52. The maximum absolute atomic E-state index is 13.3. The second kappa shape index (κ2) is 11.2. The minimum Gasteiger partial charge on any atom is -0.463 e. The van der Waals surface area contributed by atoms with Crippen LogP contribution in [-0.2, 0) is 38.1 Å². The van der Waals surface area contributed by atoms with Crippen molar-refractivity contribution >= 4 is 41.0 Å². The number of hydrogen-bond donors (Lipinski definition) is 0. The lowest BCUT2D eigenvalue weighted by Crippen LogP contribution is -2.41. The highest BCUT2D eigenvalue weighted by Crippen LogP contribution is 2.36. The van der Waals surface area contributed by atoms with Crippen LogP contribution in [0, 0.1) is 0 Å². The van der Waals surface area contributed by atoms with Crippen LogP contribution in [0.4, 0.5) is 0 Å². The molecule has 188 valence electrons. The topological polar surface area (TPSA) is 162 Å². The standard InChI is InChI=1S/C21H23N3O10S/c1-5-30-21(29)15-16(17(28)14-7-6-8-35-14)24(23-22-15)20-19(33-12(4)27)18(32-11(3)26)13(34-20)9-31-10(2)25/h6-8,13,18-20H,5,9H2,1-4H3/t13-,18-,19-,20-/m1/s1. The van der Waals surface area contributed by atoms with Gasteiger partial charge in [0, 0.05) is 20.8 Å². The van der Waals surface area contributed by atoms with E-state index < -0.39 is 54.2 Å². The van der Waals surface area contributed by atoms with E-state index in [9.17, 15) is 24.0 Å². The van der Waals surface area contributed by atoms with Gasteiger partial charge < -0.3 is 23.7 Å². The fourth-order valence-corrected chi connectivity index (χ4v) is 4.10. The van der Waals surface area contributed by atoms with Crippen LogP contribution in [0.2, 0.25) is 0 Å². The predicted molar refractivity (Wildman–Crippen MR) is 115 cm³/mol. The molecular weight excluding hydrogens is 486 g/mol. The second-order valence-corrected chi connectivity index (χ2v) is 8.22. The van der Waals surface area contributed by atoms with E-state index in [2.05, 4.69) is 10.3 Å². The van der Waals surface area contributed by atoms with Gasteiger partial charge in [-0.1, -0.05) is 11.3 Å². The maximum Gasteiger partial charge on any atom is 0.361 e. The molecule has 14 heteroatoms. The van der Waals surface area contributed by atoms with Gasteiger partial charge in [0.2, 0.25) is 11.5 Å². The van der Waals surface area contributed by atoms with Crippen molar-refractivity contribution < 1.29 is 47.7 Å². The Balaban J connectivity index is 2.11. The Kier molecular flexibility index (Phi) is 8.30. The number of esters is 4. The Hall–Kier alpha value is -3.65. The number of carbonyl (C=O) groups is 5. The average Bonchev–Trinajstić information content (AvgIpc) is 3.51. The zero-order chi connectivity index (χ0) is 25.7. The fraction of sp³-hybridized carbons (Fsp3) is 0.476. The third kappa shape index (κ3) is 5.89. The molecule has 0 aromatic carbocycles. The molecule has 35 heavy (non-hydrogen) atoms. The molecule has 1 fully saturated rings. The molecule has 1 saturated heterocycles. The van der Waals surface area contributed by atoms with Crippen molar-refractivity contribution in [2.24, 2.45) is 0 Å². The van der Waals surface area contributed by atoms with Crippen LogP contribution in [0.1, 0.15) is 59.8 Å². The molecule has 2 aromatic heterocycles. The lowest BCUT2D eigenvalue weighted by Gasteiger charge is -2.23. The zero-order valence-corrected chi connectivity index (χ0v) is 20.1. The third-order valence-electron chi connectivity index (χ3n) is 4.70. The normalized spacial score (nSPS) is 21.3. The van der Waals surface area contributed by atoms with E-state index in [1.54, 1.807) is 24.4 Å². The van der Waals surface area contributed by atoms with Crippen molar-refractivity contribution in [3.63, 3.8) is 0 Å². The van der Waals surface area contributed by atoms with Crippen LogP contribution in [0.15, 0.2) is 17.5 Å². The van der Waals surface area contributed by atoms with Gasteiger partial charge in [0.15, 0.2) is 18.4 Å². The maximum atomic E-state index is 13.3. The molecular formula is C21H23N3O10S. The lowest BCUT2D eigenvalue weighted by molar-refractivity contribution is -0.166. The van der Waals surface area contributed by atoms with Gasteiger partial charge in [0.25, 0.3) is 0 Å². The lowest BCUT2D eigenvalue weighted by atomic mass is 10.1. The number of aromatic nitrogens is 3. The molecule has 0 saturated carbocycles. The van der Waals surface area contributed by atoms with Gasteiger partial charge in [-0.2, -0.15) is 0 Å². The van der Waals surface area contributed by atoms with Crippen molar-refractivity contribution in [2.75, 3.05) is 13.2 Å². The van der Waals surface area contributed by atoms with Gasteiger partial charge in [-0.3, -0.25) is 19.2 Å². The van der Waals surface area contributed by atoms with Gasteiger partial charge in [0.05, 0.1) is 11.5 Å². The van der Waals surface area contributed by atoms with Crippen molar-refractivity contribution in [3.05, 3.63) is 33.8 Å². The summed E-state index contributed by atoms with van der Waals surface area (Å²) in [5.74, 6) is -3.59. The molecule has 2 aromatic rings. The number of ether oxygens (including phenoxy) is 5. The summed E-state index contributed by atoms with van der Waals surface area (Å²) in [5.41, 5.74) is -0.648. The zero-order valence-electron chi connectivity index (χ0n) is 19.3. The minimum absolute atomic E-state index is 0.0211. The fourth-order valence-electron chi connectivity index (χ4n) is 3.43. The van der Waals surface area contributed by atoms with Crippen molar-refractivity contribution in [1.82, 2.24) is 15.0 Å². The second-order valence-electron chi connectivity index (χ2n) is 7.27. The monoisotopic (exact) mass is 509 g/mol. The smallest absolute Gasteiger partial charge is 0.361 e. The highest BCUT2D eigenvalue weighted by molar-refractivity contribution is 7.12. The van der Waals surface area contributed by atoms with Gasteiger partial charge in [-0.05, 0) is 18.4 Å². The third-order valence-corrected chi connectivity index (χ3v) is 5.57. The Morgan fingerprint density at radius 2 is 1.71 bits per heavy atom. The number of nitrogens with zero attached hydrogens (tertiary/aromatic N) is 3. The van der Waals surface area contributed by atoms with E-state index >= 15 is 0 Å². The van der Waals surface area contributed by atoms with Crippen molar-refractivity contribution in [3.8, 4) is 0 Å². The quantitative estimate of drug-likeness (QED) is 0.269. The molecule has 1 aliphatic rings. The summed E-state index contributed by atoms with van der Waals surface area (Å²) < 4.78 is 27.6. The van der Waals surface area contributed by atoms with E-state index in [-0.39, 0.29) is 29.5 Å². The summed E-state index contributed by atoms with van der Waals surface area (Å²) in [7, 11) is 0. The average molecular weight is 509 g/mol. The first kappa shape index (κ1) is 26.0. The molecule has 0 spiro atoms. The summed E-state index contributed by atoms with van der Waals surface area (Å²) in [4.78, 5) is 61.2. The number of ketones is 1. The first-order valence-corrected chi connectivity index (χ1v) is 11.4. The first-order chi connectivity index (χ1) is 16.6. The Labute approximate surface area is 203 Å². The molecule has 0 aliphatic carbocycles. The molecule has 0 unspecified atom stereocenters.